The summed E-state index contributed by atoms with van der Waals surface area (Å²) in [6.07, 6.45) is 3.49. The van der Waals surface area contributed by atoms with Gasteiger partial charge in [0.05, 0.1) is 17.6 Å². The summed E-state index contributed by atoms with van der Waals surface area (Å²) in [6.45, 7) is 0. The number of carbonyl (C=O) groups excluding carboxylic acids is 1. The Balaban J connectivity index is 1.72. The zero-order valence-corrected chi connectivity index (χ0v) is 15.4. The van der Waals surface area contributed by atoms with Crippen molar-refractivity contribution in [2.24, 2.45) is 0 Å². The van der Waals surface area contributed by atoms with Crippen LogP contribution in [0.5, 0.6) is 11.5 Å². The van der Waals surface area contributed by atoms with Crippen LogP contribution in [-0.4, -0.2) is 5.91 Å². The van der Waals surface area contributed by atoms with Crippen LogP contribution in [0.15, 0.2) is 96.6 Å². The van der Waals surface area contributed by atoms with Crippen molar-refractivity contribution >= 4 is 5.91 Å². The molecule has 2 atom stereocenters. The van der Waals surface area contributed by atoms with Gasteiger partial charge >= 0.3 is 0 Å². The van der Waals surface area contributed by atoms with E-state index in [-0.39, 0.29) is 5.57 Å². The van der Waals surface area contributed by atoms with Crippen molar-refractivity contribution in [1.82, 2.24) is 5.32 Å². The predicted molar refractivity (Wildman–Crippen MR) is 102 cm³/mol. The van der Waals surface area contributed by atoms with Gasteiger partial charge in [-0.25, -0.2) is 0 Å². The van der Waals surface area contributed by atoms with E-state index in [4.69, 9.17) is 4.74 Å². The molecular formula is C23H17N3O3. The molecule has 6 heteroatoms. The number of nitriles is 1. The fourth-order valence-electron chi connectivity index (χ4n) is 3.45. The first kappa shape index (κ1) is 18.3. The second kappa shape index (κ2) is 7.87. The third-order valence-corrected chi connectivity index (χ3v) is 4.78. The molecule has 1 N–H and O–H groups in total. The van der Waals surface area contributed by atoms with Crippen LogP contribution in [0.2, 0.25) is 0 Å². The number of nitrogens with one attached hydrogen (secondary N) is 1. The Labute approximate surface area is 167 Å². The van der Waals surface area contributed by atoms with Crippen LogP contribution in [0.4, 0.5) is 0 Å². The number of pyridine rings is 1. The van der Waals surface area contributed by atoms with Gasteiger partial charge in [-0.3, -0.25) is 4.79 Å². The van der Waals surface area contributed by atoms with Crippen molar-refractivity contribution in [3.8, 4) is 17.6 Å². The molecule has 0 fully saturated rings. The van der Waals surface area contributed by atoms with Crippen LogP contribution >= 0.6 is 0 Å². The van der Waals surface area contributed by atoms with Crippen LogP contribution < -0.4 is 19.7 Å². The molecule has 0 radical (unpaired) electrons. The van der Waals surface area contributed by atoms with Crippen LogP contribution in [0.25, 0.3) is 0 Å². The van der Waals surface area contributed by atoms with E-state index in [2.05, 4.69) is 5.32 Å². The first-order chi connectivity index (χ1) is 14.2. The van der Waals surface area contributed by atoms with Crippen LogP contribution in [0, 0.1) is 11.3 Å². The average Bonchev–Trinajstić information content (AvgIpc) is 2.75. The maximum atomic E-state index is 12.7. The Kier molecular flexibility index (Phi) is 4.95. The molecule has 1 aliphatic rings. The fourth-order valence-corrected chi connectivity index (χ4v) is 3.45. The molecule has 0 saturated carbocycles. The number of ether oxygens (including phenoxy) is 1. The van der Waals surface area contributed by atoms with Crippen molar-refractivity contribution in [1.29, 1.82) is 5.26 Å². The second-order valence-electron chi connectivity index (χ2n) is 6.57. The lowest BCUT2D eigenvalue weighted by atomic mass is 9.82. The molecule has 2 heterocycles. The van der Waals surface area contributed by atoms with E-state index in [1.165, 1.54) is 0 Å². The Bertz CT molecular complexity index is 1090. The first-order valence-electron chi connectivity index (χ1n) is 9.08. The summed E-state index contributed by atoms with van der Waals surface area (Å²) in [7, 11) is 0. The molecule has 0 saturated heterocycles. The second-order valence-corrected chi connectivity index (χ2v) is 6.57. The van der Waals surface area contributed by atoms with E-state index >= 15 is 0 Å². The van der Waals surface area contributed by atoms with Crippen molar-refractivity contribution in [3.05, 3.63) is 102 Å². The predicted octanol–water partition coefficient (Wildman–Crippen LogP) is 2.32. The molecule has 2 aromatic carbocycles. The molecular weight excluding hydrogens is 366 g/mol. The third-order valence-electron chi connectivity index (χ3n) is 4.78. The number of para-hydroxylation sites is 1. The SMILES string of the molecule is N#CC1=C([O-])NC(=O)[C@H]([n+]2ccccc2)[C@H]1c1ccc(Oc2ccccc2)cc1. The fraction of sp³-hybridized carbons (Fsp3) is 0.0870. The maximum Gasteiger partial charge on any atom is 0.293 e. The molecule has 1 amide bonds. The van der Waals surface area contributed by atoms with Crippen LogP contribution in [0.3, 0.4) is 0 Å². The Morgan fingerprint density at radius 2 is 1.55 bits per heavy atom. The van der Waals surface area contributed by atoms with Gasteiger partial charge in [0.1, 0.15) is 11.5 Å². The monoisotopic (exact) mass is 383 g/mol. The summed E-state index contributed by atoms with van der Waals surface area (Å²) in [5.74, 6) is -0.470. The lowest BCUT2D eigenvalue weighted by Gasteiger charge is -2.31. The topological polar surface area (TPSA) is 89.1 Å². The Morgan fingerprint density at radius 1 is 0.931 bits per heavy atom. The average molecular weight is 383 g/mol. The highest BCUT2D eigenvalue weighted by molar-refractivity contribution is 5.84. The van der Waals surface area contributed by atoms with Crippen molar-refractivity contribution in [2.45, 2.75) is 12.0 Å². The summed E-state index contributed by atoms with van der Waals surface area (Å²) in [4.78, 5) is 12.7. The summed E-state index contributed by atoms with van der Waals surface area (Å²) in [5.41, 5.74) is 0.689. The van der Waals surface area contributed by atoms with Crippen molar-refractivity contribution in [3.63, 3.8) is 0 Å². The molecule has 0 spiro atoms. The van der Waals surface area contributed by atoms with Gasteiger partial charge < -0.3 is 15.2 Å². The molecule has 4 rings (SSSR count). The minimum atomic E-state index is -0.746. The highest BCUT2D eigenvalue weighted by Crippen LogP contribution is 2.36. The number of benzene rings is 2. The van der Waals surface area contributed by atoms with Crippen LogP contribution in [0.1, 0.15) is 17.5 Å². The summed E-state index contributed by atoms with van der Waals surface area (Å²) < 4.78 is 7.51. The zero-order chi connectivity index (χ0) is 20.2. The van der Waals surface area contributed by atoms with Crippen molar-refractivity contribution < 1.29 is 19.2 Å². The number of hydrogen-bond donors (Lipinski definition) is 1. The highest BCUT2D eigenvalue weighted by Gasteiger charge is 2.43. The van der Waals surface area contributed by atoms with Gasteiger partial charge in [-0.1, -0.05) is 36.4 Å². The molecule has 29 heavy (non-hydrogen) atoms. The summed E-state index contributed by atoms with van der Waals surface area (Å²) in [6, 6.07) is 23.1. The number of hydrogen-bond acceptors (Lipinski definition) is 4. The Hall–Kier alpha value is -4.11. The number of nitrogens with zero attached hydrogens (tertiary/aromatic N) is 2. The van der Waals surface area contributed by atoms with Crippen LogP contribution in [-0.2, 0) is 4.79 Å². The van der Waals surface area contributed by atoms with Crippen molar-refractivity contribution in [2.75, 3.05) is 0 Å². The Morgan fingerprint density at radius 3 is 2.21 bits per heavy atom. The molecule has 142 valence electrons. The number of allylic oxidation sites excluding steroid dienone is 1. The van der Waals surface area contributed by atoms with Gasteiger partial charge in [0.25, 0.3) is 5.91 Å². The lowest BCUT2D eigenvalue weighted by molar-refractivity contribution is -0.711. The molecule has 3 aromatic rings. The molecule has 0 bridgehead atoms. The number of rotatable bonds is 4. The number of amides is 1. The zero-order valence-electron chi connectivity index (χ0n) is 15.4. The largest absolute Gasteiger partial charge is 0.859 e. The van der Waals surface area contributed by atoms with Gasteiger partial charge in [-0.15, -0.1) is 0 Å². The number of carbonyl (C=O) groups is 1. The molecule has 0 unspecified atom stereocenters. The summed E-state index contributed by atoms with van der Waals surface area (Å²) in [5, 5.41) is 24.2. The first-order valence-corrected chi connectivity index (χ1v) is 9.08. The molecule has 1 aliphatic heterocycles. The number of aromatic nitrogens is 1. The smallest absolute Gasteiger partial charge is 0.293 e. The van der Waals surface area contributed by atoms with Gasteiger partial charge in [0, 0.05) is 12.1 Å². The quantitative estimate of drug-likeness (QED) is 0.700. The minimum Gasteiger partial charge on any atom is -0.859 e. The normalized spacial score (nSPS) is 18.7. The van der Waals surface area contributed by atoms with Gasteiger partial charge in [-0.2, -0.15) is 9.83 Å². The minimum absolute atomic E-state index is 0.00248. The van der Waals surface area contributed by atoms with Gasteiger partial charge in [0.2, 0.25) is 6.04 Å². The van der Waals surface area contributed by atoms with E-state index < -0.39 is 23.8 Å². The van der Waals surface area contributed by atoms with Gasteiger partial charge in [0.15, 0.2) is 12.4 Å². The third kappa shape index (κ3) is 3.66. The molecule has 0 aliphatic carbocycles. The molecule has 1 aromatic heterocycles. The van der Waals surface area contributed by atoms with E-state index in [0.717, 1.165) is 0 Å². The molecule has 6 nitrogen and oxygen atoms in total. The van der Waals surface area contributed by atoms with Gasteiger partial charge in [-0.05, 0) is 35.7 Å². The lowest BCUT2D eigenvalue weighted by Crippen LogP contribution is -2.55. The van der Waals surface area contributed by atoms with E-state index in [9.17, 15) is 15.2 Å². The summed E-state index contributed by atoms with van der Waals surface area (Å²) >= 11 is 0. The van der Waals surface area contributed by atoms with E-state index in [1.807, 2.05) is 42.5 Å². The van der Waals surface area contributed by atoms with E-state index in [0.29, 0.717) is 17.1 Å². The van der Waals surface area contributed by atoms with E-state index in [1.54, 1.807) is 53.4 Å². The highest BCUT2D eigenvalue weighted by atomic mass is 16.5. The standard InChI is InChI=1S/C23H17N3O3/c24-15-19-20(21(23(28)25-22(19)27)26-13-5-2-6-14-26)16-9-11-18(12-10-16)29-17-7-3-1-4-8-17/h1-14,20-21H,(H-,25,27,28)/t20-,21+/m0/s1. The maximum absolute atomic E-state index is 12.7.